The van der Waals surface area contributed by atoms with Gasteiger partial charge in [-0.3, -0.25) is 4.99 Å². The molecule has 2 nitrogen and oxygen atoms in total. The highest BCUT2D eigenvalue weighted by Crippen LogP contribution is 2.24. The van der Waals surface area contributed by atoms with Crippen LogP contribution in [0.2, 0.25) is 0 Å². The highest BCUT2D eigenvalue weighted by Gasteiger charge is 2.13. The minimum atomic E-state index is -0.259. The molecule has 0 unspecified atom stereocenters. The predicted molar refractivity (Wildman–Crippen MR) is 86.3 cm³/mol. The van der Waals surface area contributed by atoms with Crippen molar-refractivity contribution in [1.82, 2.24) is 0 Å². The highest BCUT2D eigenvalue weighted by atomic mass is 19.1. The largest absolute Gasteiger partial charge is 0.371 e. The fraction of sp³-hybridized carbons (Fsp3) is 0.278. The van der Waals surface area contributed by atoms with Gasteiger partial charge in [-0.05, 0) is 61.2 Å². The molecule has 0 N–H and O–H groups in total. The zero-order valence-corrected chi connectivity index (χ0v) is 12.2. The second kappa shape index (κ2) is 6.08. The second-order valence-corrected chi connectivity index (χ2v) is 5.48. The SMILES string of the molecule is Cc1cc(C=Nc2cccc(F)c2)ccc1N1CCCC1. The number of nitrogens with zero attached hydrogens (tertiary/aromatic N) is 2. The Labute approximate surface area is 124 Å². The maximum Gasteiger partial charge on any atom is 0.125 e. The van der Waals surface area contributed by atoms with Crippen molar-refractivity contribution in [3.05, 3.63) is 59.4 Å². The molecule has 0 bridgehead atoms. The van der Waals surface area contributed by atoms with Crippen molar-refractivity contribution in [2.45, 2.75) is 19.8 Å². The fourth-order valence-electron chi connectivity index (χ4n) is 2.78. The number of benzene rings is 2. The summed E-state index contributed by atoms with van der Waals surface area (Å²) in [4.78, 5) is 6.76. The van der Waals surface area contributed by atoms with Crippen molar-refractivity contribution in [2.75, 3.05) is 18.0 Å². The third-order valence-corrected chi connectivity index (χ3v) is 3.84. The van der Waals surface area contributed by atoms with Gasteiger partial charge in [-0.15, -0.1) is 0 Å². The molecule has 1 saturated heterocycles. The van der Waals surface area contributed by atoms with Gasteiger partial charge in [0.2, 0.25) is 0 Å². The maximum absolute atomic E-state index is 13.1. The molecule has 0 aliphatic carbocycles. The van der Waals surface area contributed by atoms with Gasteiger partial charge in [0.1, 0.15) is 5.82 Å². The number of aryl methyl sites for hydroxylation is 1. The van der Waals surface area contributed by atoms with Crippen LogP contribution in [0.25, 0.3) is 0 Å². The average molecular weight is 282 g/mol. The van der Waals surface area contributed by atoms with Crippen LogP contribution in [0.5, 0.6) is 0 Å². The normalized spacial score (nSPS) is 15.0. The Bertz CT molecular complexity index is 658. The van der Waals surface area contributed by atoms with E-state index >= 15 is 0 Å². The van der Waals surface area contributed by atoms with E-state index in [0.717, 1.165) is 18.7 Å². The summed E-state index contributed by atoms with van der Waals surface area (Å²) >= 11 is 0. The Hall–Kier alpha value is -2.16. The van der Waals surface area contributed by atoms with E-state index in [1.54, 1.807) is 18.3 Å². The molecule has 0 saturated carbocycles. The van der Waals surface area contributed by atoms with E-state index in [4.69, 9.17) is 0 Å². The van der Waals surface area contributed by atoms with Crippen LogP contribution in [-0.4, -0.2) is 19.3 Å². The minimum absolute atomic E-state index is 0.259. The van der Waals surface area contributed by atoms with E-state index in [9.17, 15) is 4.39 Å². The molecular formula is C18H19FN2. The Balaban J connectivity index is 1.78. The van der Waals surface area contributed by atoms with Gasteiger partial charge in [0.15, 0.2) is 0 Å². The molecular weight excluding hydrogens is 263 g/mol. The zero-order valence-electron chi connectivity index (χ0n) is 12.2. The first-order valence-electron chi connectivity index (χ1n) is 7.37. The molecule has 2 aromatic rings. The first-order valence-corrected chi connectivity index (χ1v) is 7.37. The van der Waals surface area contributed by atoms with Crippen LogP contribution in [0.3, 0.4) is 0 Å². The molecule has 0 aromatic heterocycles. The molecule has 3 rings (SSSR count). The Kier molecular flexibility index (Phi) is 4.00. The van der Waals surface area contributed by atoms with E-state index in [1.807, 2.05) is 0 Å². The number of halogens is 1. The van der Waals surface area contributed by atoms with Gasteiger partial charge in [-0.1, -0.05) is 12.1 Å². The van der Waals surface area contributed by atoms with Gasteiger partial charge in [0, 0.05) is 25.0 Å². The Morgan fingerprint density at radius 2 is 1.90 bits per heavy atom. The molecule has 1 heterocycles. The number of rotatable bonds is 3. The van der Waals surface area contributed by atoms with Gasteiger partial charge in [0.25, 0.3) is 0 Å². The quantitative estimate of drug-likeness (QED) is 0.758. The van der Waals surface area contributed by atoms with Crippen LogP contribution < -0.4 is 4.90 Å². The van der Waals surface area contributed by atoms with Crippen LogP contribution in [-0.2, 0) is 0 Å². The molecule has 1 aliphatic heterocycles. The van der Waals surface area contributed by atoms with Gasteiger partial charge >= 0.3 is 0 Å². The number of hydrogen-bond donors (Lipinski definition) is 0. The van der Waals surface area contributed by atoms with Crippen molar-refractivity contribution < 1.29 is 4.39 Å². The molecule has 1 fully saturated rings. The van der Waals surface area contributed by atoms with Gasteiger partial charge in [0.05, 0.1) is 5.69 Å². The lowest BCUT2D eigenvalue weighted by Crippen LogP contribution is -2.18. The van der Waals surface area contributed by atoms with E-state index < -0.39 is 0 Å². The van der Waals surface area contributed by atoms with Crippen molar-refractivity contribution in [2.24, 2.45) is 4.99 Å². The minimum Gasteiger partial charge on any atom is -0.371 e. The third-order valence-electron chi connectivity index (χ3n) is 3.84. The van der Waals surface area contributed by atoms with E-state index in [0.29, 0.717) is 5.69 Å². The van der Waals surface area contributed by atoms with Crippen LogP contribution in [0.1, 0.15) is 24.0 Å². The smallest absolute Gasteiger partial charge is 0.125 e. The molecule has 21 heavy (non-hydrogen) atoms. The van der Waals surface area contributed by atoms with E-state index in [2.05, 4.69) is 35.0 Å². The Morgan fingerprint density at radius 3 is 2.62 bits per heavy atom. The maximum atomic E-state index is 13.1. The lowest BCUT2D eigenvalue weighted by molar-refractivity contribution is 0.628. The first-order chi connectivity index (χ1) is 10.2. The number of anilines is 1. The van der Waals surface area contributed by atoms with Crippen LogP contribution in [0, 0.1) is 12.7 Å². The molecule has 1 aliphatic rings. The molecule has 3 heteroatoms. The first kappa shape index (κ1) is 13.8. The van der Waals surface area contributed by atoms with Gasteiger partial charge in [-0.2, -0.15) is 0 Å². The molecule has 108 valence electrons. The summed E-state index contributed by atoms with van der Waals surface area (Å²) in [6.07, 6.45) is 4.35. The average Bonchev–Trinajstić information content (AvgIpc) is 2.99. The van der Waals surface area contributed by atoms with Crippen molar-refractivity contribution in [3.63, 3.8) is 0 Å². The zero-order chi connectivity index (χ0) is 14.7. The molecule has 0 spiro atoms. The number of hydrogen-bond acceptors (Lipinski definition) is 2. The second-order valence-electron chi connectivity index (χ2n) is 5.48. The monoisotopic (exact) mass is 282 g/mol. The third kappa shape index (κ3) is 3.30. The van der Waals surface area contributed by atoms with Crippen LogP contribution in [0.4, 0.5) is 15.8 Å². The van der Waals surface area contributed by atoms with Gasteiger partial charge in [-0.25, -0.2) is 4.39 Å². The fourth-order valence-corrected chi connectivity index (χ4v) is 2.78. The van der Waals surface area contributed by atoms with Gasteiger partial charge < -0.3 is 4.90 Å². The Morgan fingerprint density at radius 1 is 1.10 bits per heavy atom. The van der Waals surface area contributed by atoms with Crippen molar-refractivity contribution in [3.8, 4) is 0 Å². The van der Waals surface area contributed by atoms with E-state index in [1.165, 1.54) is 36.2 Å². The summed E-state index contributed by atoms with van der Waals surface area (Å²) in [5.74, 6) is -0.259. The molecule has 0 amide bonds. The molecule has 0 radical (unpaired) electrons. The summed E-state index contributed by atoms with van der Waals surface area (Å²) in [5.41, 5.74) is 4.26. The van der Waals surface area contributed by atoms with Crippen LogP contribution >= 0.6 is 0 Å². The molecule has 2 aromatic carbocycles. The molecule has 0 atom stereocenters. The summed E-state index contributed by atoms with van der Waals surface area (Å²) in [7, 11) is 0. The van der Waals surface area contributed by atoms with E-state index in [-0.39, 0.29) is 5.82 Å². The topological polar surface area (TPSA) is 15.6 Å². The van der Waals surface area contributed by atoms with Crippen LogP contribution in [0.15, 0.2) is 47.5 Å². The summed E-state index contributed by atoms with van der Waals surface area (Å²) in [5, 5.41) is 0. The van der Waals surface area contributed by atoms with Crippen molar-refractivity contribution >= 4 is 17.6 Å². The lowest BCUT2D eigenvalue weighted by Gasteiger charge is -2.20. The highest BCUT2D eigenvalue weighted by molar-refractivity contribution is 5.83. The summed E-state index contributed by atoms with van der Waals surface area (Å²) in [6.45, 7) is 4.43. The summed E-state index contributed by atoms with van der Waals surface area (Å²) in [6, 6.07) is 12.7. The predicted octanol–water partition coefficient (Wildman–Crippen LogP) is 4.48. The standard InChI is InChI=1S/C18H19FN2/c1-14-11-15(7-8-18(14)21-9-2-3-10-21)13-20-17-6-4-5-16(19)12-17/h4-8,11-13H,2-3,9-10H2,1H3. The summed E-state index contributed by atoms with van der Waals surface area (Å²) < 4.78 is 13.1. The lowest BCUT2D eigenvalue weighted by atomic mass is 10.1. The number of aliphatic imine (C=N–C) groups is 1. The van der Waals surface area contributed by atoms with Crippen molar-refractivity contribution in [1.29, 1.82) is 0 Å².